The Bertz CT molecular complexity index is 459. The second-order valence-corrected chi connectivity index (χ2v) is 5.58. The van der Waals surface area contributed by atoms with E-state index in [1.165, 1.54) is 0 Å². The molecule has 1 heterocycles. The normalized spacial score (nSPS) is 17.9. The van der Waals surface area contributed by atoms with E-state index in [0.717, 1.165) is 37.3 Å². The molecule has 0 radical (unpaired) electrons. The van der Waals surface area contributed by atoms with Crippen molar-refractivity contribution >= 4 is 5.97 Å². The Hall–Kier alpha value is -1.39. The van der Waals surface area contributed by atoms with Gasteiger partial charge >= 0.3 is 5.97 Å². The summed E-state index contributed by atoms with van der Waals surface area (Å²) in [5, 5.41) is 4.44. The monoisotopic (exact) mass is 265 g/mol. The van der Waals surface area contributed by atoms with Gasteiger partial charge in [-0.3, -0.25) is 9.48 Å². The van der Waals surface area contributed by atoms with Crippen molar-refractivity contribution in [2.24, 2.45) is 7.05 Å². The molecule has 1 aromatic rings. The van der Waals surface area contributed by atoms with E-state index in [2.05, 4.69) is 23.9 Å². The molecule has 0 N–H and O–H groups in total. The van der Waals surface area contributed by atoms with Gasteiger partial charge in [0.1, 0.15) is 11.2 Å². The molecule has 5 heteroatoms. The first-order valence-corrected chi connectivity index (χ1v) is 7.10. The van der Waals surface area contributed by atoms with Crippen molar-refractivity contribution in [3.63, 3.8) is 0 Å². The topological polar surface area (TPSA) is 57.0 Å². The highest BCUT2D eigenvalue weighted by Crippen LogP contribution is 2.41. The molecule has 1 aliphatic rings. The molecule has 2 rings (SSSR count). The zero-order chi connectivity index (χ0) is 14.0. The van der Waals surface area contributed by atoms with Crippen LogP contribution in [0, 0.1) is 0 Å². The summed E-state index contributed by atoms with van der Waals surface area (Å²) in [6.07, 6.45) is 3.72. The van der Waals surface area contributed by atoms with Crippen LogP contribution in [0.2, 0.25) is 0 Å². The minimum absolute atomic E-state index is 0.140. The average Bonchev–Trinajstić information content (AvgIpc) is 2.96. The Morgan fingerprint density at radius 2 is 2.05 bits per heavy atom. The molecule has 0 atom stereocenters. The Morgan fingerprint density at radius 1 is 1.42 bits per heavy atom. The predicted octanol–water partition coefficient (Wildman–Crippen LogP) is 2.31. The lowest BCUT2D eigenvalue weighted by atomic mass is 9.85. The molecule has 1 fully saturated rings. The Kier molecular flexibility index (Phi) is 3.92. The molecule has 1 aliphatic carbocycles. The van der Waals surface area contributed by atoms with Crippen LogP contribution in [0.25, 0.3) is 0 Å². The molecule has 1 saturated carbocycles. The van der Waals surface area contributed by atoms with E-state index < -0.39 is 5.41 Å². The molecule has 0 aromatic carbocycles. The van der Waals surface area contributed by atoms with E-state index in [4.69, 9.17) is 4.74 Å². The predicted molar refractivity (Wildman–Crippen MR) is 71.9 cm³/mol. The Balaban J connectivity index is 2.42. The number of rotatable bonds is 4. The number of esters is 1. The maximum absolute atomic E-state index is 12.4. The van der Waals surface area contributed by atoms with Gasteiger partial charge < -0.3 is 4.74 Å². The lowest BCUT2D eigenvalue weighted by molar-refractivity contribution is -0.150. The van der Waals surface area contributed by atoms with E-state index >= 15 is 0 Å². The molecular weight excluding hydrogens is 242 g/mol. The van der Waals surface area contributed by atoms with Crippen molar-refractivity contribution in [1.82, 2.24) is 14.8 Å². The fourth-order valence-electron chi connectivity index (χ4n) is 2.83. The van der Waals surface area contributed by atoms with Crippen molar-refractivity contribution in [2.45, 2.75) is 57.8 Å². The fraction of sp³-hybridized carbons (Fsp3) is 0.786. The molecule has 1 aromatic heterocycles. The van der Waals surface area contributed by atoms with E-state index in [-0.39, 0.29) is 11.9 Å². The van der Waals surface area contributed by atoms with E-state index in [9.17, 15) is 4.79 Å². The highest BCUT2D eigenvalue weighted by atomic mass is 16.5. The van der Waals surface area contributed by atoms with Crippen LogP contribution >= 0.6 is 0 Å². The third-order valence-corrected chi connectivity index (χ3v) is 3.85. The van der Waals surface area contributed by atoms with Gasteiger partial charge in [0, 0.05) is 13.0 Å². The first-order chi connectivity index (χ1) is 9.01. The number of ether oxygens (including phenoxy) is 1. The summed E-state index contributed by atoms with van der Waals surface area (Å²) in [5.41, 5.74) is -0.578. The van der Waals surface area contributed by atoms with Crippen molar-refractivity contribution in [2.75, 3.05) is 6.61 Å². The van der Waals surface area contributed by atoms with Gasteiger partial charge in [-0.15, -0.1) is 0 Å². The van der Waals surface area contributed by atoms with E-state index in [1.807, 2.05) is 14.0 Å². The maximum Gasteiger partial charge on any atom is 0.319 e. The third kappa shape index (κ3) is 2.38. The second-order valence-electron chi connectivity index (χ2n) is 5.58. The number of nitrogens with zero attached hydrogens (tertiary/aromatic N) is 3. The summed E-state index contributed by atoms with van der Waals surface area (Å²) in [4.78, 5) is 17.0. The second kappa shape index (κ2) is 5.31. The van der Waals surface area contributed by atoms with Gasteiger partial charge in [-0.05, 0) is 19.8 Å². The van der Waals surface area contributed by atoms with Crippen LogP contribution < -0.4 is 0 Å². The standard InChI is InChI=1S/C14H23N3O2/c1-5-19-13(18)14(8-6-7-9-14)12-15-11(10(2)3)16-17(12)4/h10H,5-9H2,1-4H3. The summed E-state index contributed by atoms with van der Waals surface area (Å²) in [6, 6.07) is 0. The largest absolute Gasteiger partial charge is 0.465 e. The van der Waals surface area contributed by atoms with Crippen LogP contribution in [0.1, 0.15) is 64.0 Å². The first kappa shape index (κ1) is 14.0. The number of aryl methyl sites for hydroxylation is 1. The summed E-state index contributed by atoms with van der Waals surface area (Å²) in [5.74, 6) is 1.69. The van der Waals surface area contributed by atoms with E-state index in [0.29, 0.717) is 6.61 Å². The van der Waals surface area contributed by atoms with Crippen LogP contribution in [-0.4, -0.2) is 27.3 Å². The van der Waals surface area contributed by atoms with Crippen molar-refractivity contribution in [3.8, 4) is 0 Å². The van der Waals surface area contributed by atoms with Crippen LogP contribution in [0.3, 0.4) is 0 Å². The Morgan fingerprint density at radius 3 is 2.53 bits per heavy atom. The minimum Gasteiger partial charge on any atom is -0.465 e. The lowest BCUT2D eigenvalue weighted by Gasteiger charge is -2.25. The zero-order valence-electron chi connectivity index (χ0n) is 12.3. The number of carbonyl (C=O) groups excluding carboxylic acids is 1. The highest BCUT2D eigenvalue weighted by molar-refractivity contribution is 5.82. The smallest absolute Gasteiger partial charge is 0.319 e. The van der Waals surface area contributed by atoms with Gasteiger partial charge in [0.05, 0.1) is 6.61 Å². The average molecular weight is 265 g/mol. The fourth-order valence-corrected chi connectivity index (χ4v) is 2.83. The molecular formula is C14H23N3O2. The van der Waals surface area contributed by atoms with Crippen molar-refractivity contribution < 1.29 is 9.53 Å². The molecule has 0 unspecified atom stereocenters. The molecule has 5 nitrogen and oxygen atoms in total. The number of hydrogen-bond acceptors (Lipinski definition) is 4. The summed E-state index contributed by atoms with van der Waals surface area (Å²) in [7, 11) is 1.87. The molecule has 0 saturated heterocycles. The summed E-state index contributed by atoms with van der Waals surface area (Å²) < 4.78 is 7.05. The molecule has 0 amide bonds. The maximum atomic E-state index is 12.4. The number of carbonyl (C=O) groups is 1. The molecule has 0 bridgehead atoms. The molecule has 0 spiro atoms. The van der Waals surface area contributed by atoms with Crippen LogP contribution in [-0.2, 0) is 22.0 Å². The van der Waals surface area contributed by atoms with Crippen molar-refractivity contribution in [1.29, 1.82) is 0 Å². The SMILES string of the molecule is CCOC(=O)C1(c2nc(C(C)C)nn2C)CCCC1. The van der Waals surface area contributed by atoms with Crippen LogP contribution in [0.4, 0.5) is 0 Å². The third-order valence-electron chi connectivity index (χ3n) is 3.85. The van der Waals surface area contributed by atoms with Crippen LogP contribution in [0.5, 0.6) is 0 Å². The minimum atomic E-state index is -0.578. The first-order valence-electron chi connectivity index (χ1n) is 7.10. The number of aromatic nitrogens is 3. The van der Waals surface area contributed by atoms with E-state index in [1.54, 1.807) is 4.68 Å². The van der Waals surface area contributed by atoms with Gasteiger partial charge in [0.15, 0.2) is 5.82 Å². The lowest BCUT2D eigenvalue weighted by Crippen LogP contribution is -2.37. The Labute approximate surface area is 114 Å². The molecule has 19 heavy (non-hydrogen) atoms. The number of hydrogen-bond donors (Lipinski definition) is 0. The van der Waals surface area contributed by atoms with Gasteiger partial charge in [0.2, 0.25) is 0 Å². The molecule has 106 valence electrons. The van der Waals surface area contributed by atoms with Crippen molar-refractivity contribution in [3.05, 3.63) is 11.6 Å². The van der Waals surface area contributed by atoms with Gasteiger partial charge in [-0.1, -0.05) is 26.7 Å². The van der Waals surface area contributed by atoms with Gasteiger partial charge in [0.25, 0.3) is 0 Å². The molecule has 0 aliphatic heterocycles. The van der Waals surface area contributed by atoms with Gasteiger partial charge in [-0.2, -0.15) is 5.10 Å². The van der Waals surface area contributed by atoms with Crippen LogP contribution in [0.15, 0.2) is 0 Å². The summed E-state index contributed by atoms with van der Waals surface area (Å²) in [6.45, 7) is 6.38. The zero-order valence-corrected chi connectivity index (χ0v) is 12.3. The quantitative estimate of drug-likeness (QED) is 0.784. The highest BCUT2D eigenvalue weighted by Gasteiger charge is 2.48. The summed E-state index contributed by atoms with van der Waals surface area (Å²) >= 11 is 0. The van der Waals surface area contributed by atoms with Gasteiger partial charge in [-0.25, -0.2) is 4.98 Å².